The van der Waals surface area contributed by atoms with E-state index in [4.69, 9.17) is 16.3 Å². The topological polar surface area (TPSA) is 63.2 Å². The Morgan fingerprint density at radius 1 is 1.58 bits per heavy atom. The highest BCUT2D eigenvalue weighted by molar-refractivity contribution is 9.10. The standard InChI is InChI=1S/C12H15BrClN3O2/c13-10-5-8(6-16-12(10)14)17-11(18)7-19-9-1-3-15-4-2-9/h5-6,9,15H,1-4,7H2,(H,17,18). The number of halogens is 2. The summed E-state index contributed by atoms with van der Waals surface area (Å²) in [6.45, 7) is 1.95. The quantitative estimate of drug-likeness (QED) is 0.819. The van der Waals surface area contributed by atoms with E-state index in [9.17, 15) is 4.79 Å². The highest BCUT2D eigenvalue weighted by Crippen LogP contribution is 2.22. The van der Waals surface area contributed by atoms with Gasteiger partial charge in [-0.05, 0) is 47.9 Å². The van der Waals surface area contributed by atoms with E-state index < -0.39 is 0 Å². The molecule has 104 valence electrons. The predicted octanol–water partition coefficient (Wildman–Crippen LogP) is 2.20. The molecule has 1 aromatic heterocycles. The van der Waals surface area contributed by atoms with Crippen molar-refractivity contribution in [2.75, 3.05) is 25.0 Å². The second-order valence-corrected chi connectivity index (χ2v) is 5.52. The lowest BCUT2D eigenvalue weighted by molar-refractivity contribution is -0.123. The summed E-state index contributed by atoms with van der Waals surface area (Å²) in [4.78, 5) is 15.7. The maximum Gasteiger partial charge on any atom is 0.250 e. The van der Waals surface area contributed by atoms with E-state index in [1.54, 1.807) is 6.07 Å². The third-order valence-corrected chi connectivity index (χ3v) is 3.95. The van der Waals surface area contributed by atoms with E-state index in [1.807, 2.05) is 0 Å². The molecule has 7 heteroatoms. The molecule has 2 rings (SSSR count). The lowest BCUT2D eigenvalue weighted by atomic mass is 10.1. The van der Waals surface area contributed by atoms with Gasteiger partial charge in [-0.2, -0.15) is 0 Å². The fourth-order valence-electron chi connectivity index (χ4n) is 1.84. The molecule has 0 spiro atoms. The number of anilines is 1. The smallest absolute Gasteiger partial charge is 0.250 e. The number of aromatic nitrogens is 1. The minimum absolute atomic E-state index is 0.0604. The Balaban J connectivity index is 1.78. The summed E-state index contributed by atoms with van der Waals surface area (Å²) in [6, 6.07) is 1.71. The van der Waals surface area contributed by atoms with E-state index in [0.717, 1.165) is 25.9 Å². The first-order valence-corrected chi connectivity index (χ1v) is 7.25. The number of pyridine rings is 1. The first-order chi connectivity index (χ1) is 9.15. The number of carbonyl (C=O) groups excluding carboxylic acids is 1. The first-order valence-electron chi connectivity index (χ1n) is 6.08. The monoisotopic (exact) mass is 347 g/mol. The zero-order chi connectivity index (χ0) is 13.7. The molecule has 1 saturated heterocycles. The van der Waals surface area contributed by atoms with Gasteiger partial charge in [-0.3, -0.25) is 4.79 Å². The first kappa shape index (κ1) is 14.7. The van der Waals surface area contributed by atoms with Crippen LogP contribution in [0.1, 0.15) is 12.8 Å². The highest BCUT2D eigenvalue weighted by atomic mass is 79.9. The highest BCUT2D eigenvalue weighted by Gasteiger charge is 2.15. The van der Waals surface area contributed by atoms with Gasteiger partial charge in [-0.15, -0.1) is 0 Å². The van der Waals surface area contributed by atoms with Crippen LogP contribution in [0.3, 0.4) is 0 Å². The molecule has 19 heavy (non-hydrogen) atoms. The van der Waals surface area contributed by atoms with Gasteiger partial charge >= 0.3 is 0 Å². The Hall–Kier alpha value is -0.690. The Kier molecular flexibility index (Phi) is 5.57. The molecule has 0 bridgehead atoms. The molecule has 0 aromatic carbocycles. The molecule has 5 nitrogen and oxygen atoms in total. The van der Waals surface area contributed by atoms with Gasteiger partial charge in [0.2, 0.25) is 5.91 Å². The van der Waals surface area contributed by atoms with Crippen molar-refractivity contribution in [3.8, 4) is 0 Å². The zero-order valence-corrected chi connectivity index (χ0v) is 12.6. The minimum atomic E-state index is -0.186. The summed E-state index contributed by atoms with van der Waals surface area (Å²) in [6.07, 6.45) is 3.57. The van der Waals surface area contributed by atoms with Gasteiger partial charge in [0, 0.05) is 0 Å². The average Bonchev–Trinajstić information content (AvgIpc) is 2.42. The molecule has 0 radical (unpaired) electrons. The Morgan fingerprint density at radius 3 is 3.00 bits per heavy atom. The van der Waals surface area contributed by atoms with Crippen molar-refractivity contribution in [3.05, 3.63) is 21.9 Å². The van der Waals surface area contributed by atoms with Crippen LogP contribution in [0, 0.1) is 0 Å². The van der Waals surface area contributed by atoms with Gasteiger partial charge in [-0.1, -0.05) is 11.6 Å². The van der Waals surface area contributed by atoms with Crippen LogP contribution < -0.4 is 10.6 Å². The minimum Gasteiger partial charge on any atom is -0.368 e. The van der Waals surface area contributed by atoms with Crippen molar-refractivity contribution in [2.24, 2.45) is 0 Å². The van der Waals surface area contributed by atoms with Crippen molar-refractivity contribution >= 4 is 39.1 Å². The van der Waals surface area contributed by atoms with Crippen molar-refractivity contribution in [3.63, 3.8) is 0 Å². The van der Waals surface area contributed by atoms with Gasteiger partial charge in [0.1, 0.15) is 11.8 Å². The fraction of sp³-hybridized carbons (Fsp3) is 0.500. The second kappa shape index (κ2) is 7.19. The summed E-state index contributed by atoms with van der Waals surface area (Å²) >= 11 is 9.03. The lowest BCUT2D eigenvalue weighted by Crippen LogP contribution is -2.34. The van der Waals surface area contributed by atoms with E-state index in [-0.39, 0.29) is 18.6 Å². The van der Waals surface area contributed by atoms with Gasteiger partial charge < -0.3 is 15.4 Å². The van der Waals surface area contributed by atoms with Crippen molar-refractivity contribution in [2.45, 2.75) is 18.9 Å². The fourth-order valence-corrected chi connectivity index (χ4v) is 2.29. The molecular formula is C12H15BrClN3O2. The number of nitrogens with zero attached hydrogens (tertiary/aromatic N) is 1. The molecule has 0 saturated carbocycles. The van der Waals surface area contributed by atoms with Crippen molar-refractivity contribution in [1.29, 1.82) is 0 Å². The third kappa shape index (κ3) is 4.72. The number of hydrogen-bond acceptors (Lipinski definition) is 4. The zero-order valence-electron chi connectivity index (χ0n) is 10.3. The molecule has 1 aromatic rings. The number of nitrogens with one attached hydrogen (secondary N) is 2. The van der Waals surface area contributed by atoms with Gasteiger partial charge in [0.25, 0.3) is 0 Å². The number of carbonyl (C=O) groups is 1. The van der Waals surface area contributed by atoms with E-state index in [2.05, 4.69) is 31.5 Å². The van der Waals surface area contributed by atoms with E-state index in [1.165, 1.54) is 6.20 Å². The van der Waals surface area contributed by atoms with Crippen LogP contribution in [0.15, 0.2) is 16.7 Å². The Bertz CT molecular complexity index is 453. The summed E-state index contributed by atoms with van der Waals surface area (Å²) in [5, 5.41) is 6.33. The molecule has 0 aliphatic carbocycles. The van der Waals surface area contributed by atoms with Gasteiger partial charge in [0.15, 0.2) is 0 Å². The lowest BCUT2D eigenvalue weighted by Gasteiger charge is -2.22. The van der Waals surface area contributed by atoms with Gasteiger partial charge in [0.05, 0.1) is 22.5 Å². The molecule has 0 unspecified atom stereocenters. The Morgan fingerprint density at radius 2 is 2.32 bits per heavy atom. The average molecular weight is 349 g/mol. The number of amides is 1. The molecule has 2 N–H and O–H groups in total. The predicted molar refractivity (Wildman–Crippen MR) is 77.4 cm³/mol. The number of piperidine rings is 1. The van der Waals surface area contributed by atoms with Crippen molar-refractivity contribution < 1.29 is 9.53 Å². The van der Waals surface area contributed by atoms with E-state index >= 15 is 0 Å². The summed E-state index contributed by atoms with van der Waals surface area (Å²) in [7, 11) is 0. The van der Waals surface area contributed by atoms with Crippen LogP contribution in [0.25, 0.3) is 0 Å². The van der Waals surface area contributed by atoms with Crippen LogP contribution in [0.2, 0.25) is 5.15 Å². The third-order valence-electron chi connectivity index (χ3n) is 2.82. The maximum absolute atomic E-state index is 11.7. The number of rotatable bonds is 4. The van der Waals surface area contributed by atoms with Crippen LogP contribution in [-0.2, 0) is 9.53 Å². The molecule has 1 aliphatic heterocycles. The molecule has 0 atom stereocenters. The largest absolute Gasteiger partial charge is 0.368 e. The molecule has 2 heterocycles. The maximum atomic E-state index is 11.7. The summed E-state index contributed by atoms with van der Waals surface area (Å²) < 4.78 is 6.21. The Labute approximate surface area is 125 Å². The molecule has 1 fully saturated rings. The van der Waals surface area contributed by atoms with Crippen molar-refractivity contribution in [1.82, 2.24) is 10.3 Å². The molecule has 1 aliphatic rings. The van der Waals surface area contributed by atoms with Crippen LogP contribution in [0.5, 0.6) is 0 Å². The molecular weight excluding hydrogens is 334 g/mol. The summed E-state index contributed by atoms with van der Waals surface area (Å²) in [5.41, 5.74) is 0.593. The summed E-state index contributed by atoms with van der Waals surface area (Å²) in [5.74, 6) is -0.186. The number of ether oxygens (including phenoxy) is 1. The van der Waals surface area contributed by atoms with Crippen LogP contribution in [0.4, 0.5) is 5.69 Å². The van der Waals surface area contributed by atoms with Gasteiger partial charge in [-0.25, -0.2) is 4.98 Å². The second-order valence-electron chi connectivity index (χ2n) is 4.31. The van der Waals surface area contributed by atoms with E-state index in [0.29, 0.717) is 15.3 Å². The number of hydrogen-bond donors (Lipinski definition) is 2. The normalized spacial score (nSPS) is 16.3. The van der Waals surface area contributed by atoms with Crippen LogP contribution >= 0.6 is 27.5 Å². The van der Waals surface area contributed by atoms with Crippen LogP contribution in [-0.4, -0.2) is 36.7 Å². The molecule has 1 amide bonds. The SMILES string of the molecule is O=C(COC1CCNCC1)Nc1cnc(Cl)c(Br)c1.